The lowest BCUT2D eigenvalue weighted by Crippen LogP contribution is -2.39. The van der Waals surface area contributed by atoms with Crippen LogP contribution in [0.25, 0.3) is 0 Å². The van der Waals surface area contributed by atoms with Gasteiger partial charge in [0.15, 0.2) is 0 Å². The average Bonchev–Trinajstić information content (AvgIpc) is 3.38. The Bertz CT molecular complexity index is 1080. The van der Waals surface area contributed by atoms with Crippen molar-refractivity contribution in [1.29, 1.82) is 0 Å². The predicted molar refractivity (Wildman–Crippen MR) is 126 cm³/mol. The molecule has 0 unspecified atom stereocenters. The van der Waals surface area contributed by atoms with Gasteiger partial charge in [-0.25, -0.2) is 4.98 Å². The van der Waals surface area contributed by atoms with Gasteiger partial charge in [0.2, 0.25) is 5.95 Å². The van der Waals surface area contributed by atoms with Gasteiger partial charge in [-0.1, -0.05) is 6.07 Å². The second-order valence-electron chi connectivity index (χ2n) is 9.25. The first-order valence-corrected chi connectivity index (χ1v) is 12.0. The zero-order valence-electron chi connectivity index (χ0n) is 19.1. The van der Waals surface area contributed by atoms with Crippen molar-refractivity contribution in [3.63, 3.8) is 0 Å². The number of rotatable bonds is 4. The van der Waals surface area contributed by atoms with Crippen molar-refractivity contribution in [2.75, 3.05) is 42.5 Å². The van der Waals surface area contributed by atoms with E-state index in [-0.39, 0.29) is 11.6 Å². The lowest BCUT2D eigenvalue weighted by molar-refractivity contribution is -0.385. The Labute approximate surface area is 193 Å². The summed E-state index contributed by atoms with van der Waals surface area (Å²) >= 11 is 0. The number of nitrogens with zero attached hydrogens (tertiary/aromatic N) is 6. The largest absolute Gasteiger partial charge is 0.356 e. The molecular formula is C24H30N6O3. The normalized spacial score (nSPS) is 18.4. The Morgan fingerprint density at radius 2 is 1.67 bits per heavy atom. The molecule has 0 spiro atoms. The highest BCUT2D eigenvalue weighted by Crippen LogP contribution is 2.32. The third-order valence-electron chi connectivity index (χ3n) is 7.01. The highest BCUT2D eigenvalue weighted by molar-refractivity contribution is 5.95. The van der Waals surface area contributed by atoms with Crippen LogP contribution in [-0.2, 0) is 13.0 Å². The van der Waals surface area contributed by atoms with Gasteiger partial charge in [0.1, 0.15) is 5.82 Å². The van der Waals surface area contributed by atoms with Crippen LogP contribution in [0.5, 0.6) is 0 Å². The molecule has 2 aromatic rings. The summed E-state index contributed by atoms with van der Waals surface area (Å²) in [6, 6.07) is 4.72. The van der Waals surface area contributed by atoms with E-state index in [1.54, 1.807) is 24.0 Å². The van der Waals surface area contributed by atoms with E-state index >= 15 is 0 Å². The maximum absolute atomic E-state index is 13.3. The van der Waals surface area contributed by atoms with E-state index in [0.29, 0.717) is 30.6 Å². The number of piperidine rings is 1. The number of aromatic nitrogens is 2. The molecule has 1 amide bonds. The molecule has 0 aliphatic carbocycles. The van der Waals surface area contributed by atoms with Gasteiger partial charge in [0.25, 0.3) is 11.6 Å². The van der Waals surface area contributed by atoms with E-state index in [4.69, 9.17) is 9.97 Å². The van der Waals surface area contributed by atoms with Crippen molar-refractivity contribution in [3.05, 3.63) is 50.7 Å². The first kappa shape index (κ1) is 21.6. The molecule has 0 atom stereocenters. The van der Waals surface area contributed by atoms with Gasteiger partial charge in [0, 0.05) is 61.9 Å². The summed E-state index contributed by atoms with van der Waals surface area (Å²) in [5.41, 5.74) is 2.94. The van der Waals surface area contributed by atoms with E-state index in [1.807, 2.05) is 0 Å². The number of nitro groups is 1. The highest BCUT2D eigenvalue weighted by atomic mass is 16.6. The second kappa shape index (κ2) is 8.96. The zero-order valence-corrected chi connectivity index (χ0v) is 19.1. The summed E-state index contributed by atoms with van der Waals surface area (Å²) in [5.74, 6) is 1.60. The topological polar surface area (TPSA) is 95.7 Å². The van der Waals surface area contributed by atoms with Crippen LogP contribution < -0.4 is 9.80 Å². The molecule has 0 saturated carbocycles. The van der Waals surface area contributed by atoms with Crippen molar-refractivity contribution in [1.82, 2.24) is 14.9 Å². The molecule has 9 heteroatoms. The summed E-state index contributed by atoms with van der Waals surface area (Å²) < 4.78 is 0. The van der Waals surface area contributed by atoms with Crippen LogP contribution in [0.3, 0.4) is 0 Å². The number of hydrogen-bond acceptors (Lipinski definition) is 7. The number of nitro benzene ring substituents is 1. The third kappa shape index (κ3) is 4.24. The van der Waals surface area contributed by atoms with Crippen LogP contribution in [0.4, 0.5) is 17.5 Å². The lowest BCUT2D eigenvalue weighted by Gasteiger charge is -2.34. The lowest BCUT2D eigenvalue weighted by atomic mass is 10.0. The highest BCUT2D eigenvalue weighted by Gasteiger charge is 2.30. The number of anilines is 2. The van der Waals surface area contributed by atoms with Crippen molar-refractivity contribution in [3.8, 4) is 0 Å². The van der Waals surface area contributed by atoms with E-state index in [1.165, 1.54) is 25.3 Å². The van der Waals surface area contributed by atoms with Gasteiger partial charge in [-0.15, -0.1) is 0 Å². The maximum atomic E-state index is 13.3. The molecule has 0 radical (unpaired) electrons. The zero-order chi connectivity index (χ0) is 22.9. The van der Waals surface area contributed by atoms with Crippen LogP contribution >= 0.6 is 0 Å². The van der Waals surface area contributed by atoms with Crippen LogP contribution in [0.15, 0.2) is 18.2 Å². The molecule has 174 valence electrons. The van der Waals surface area contributed by atoms with Gasteiger partial charge in [-0.2, -0.15) is 4.98 Å². The molecule has 3 aliphatic rings. The van der Waals surface area contributed by atoms with Gasteiger partial charge in [0.05, 0.1) is 17.2 Å². The molecule has 3 aliphatic heterocycles. The Morgan fingerprint density at radius 1 is 0.970 bits per heavy atom. The Balaban J connectivity index is 1.46. The minimum absolute atomic E-state index is 0.0227. The Kier molecular flexibility index (Phi) is 5.86. The van der Waals surface area contributed by atoms with Crippen LogP contribution in [0.1, 0.15) is 59.3 Å². The molecule has 0 N–H and O–H groups in total. The van der Waals surface area contributed by atoms with Crippen LogP contribution in [0, 0.1) is 17.0 Å². The van der Waals surface area contributed by atoms with E-state index in [0.717, 1.165) is 62.0 Å². The molecule has 33 heavy (non-hydrogen) atoms. The standard InChI is InChI=1S/C24H30N6O3/c1-17-7-8-18(15-21(17)30(32)33)23(31)29-14-9-20-19(16-29)22(27-10-5-6-11-27)26-24(25-20)28-12-3-2-4-13-28/h7-8,15H,2-6,9-14,16H2,1H3. The van der Waals surface area contributed by atoms with Gasteiger partial charge in [-0.05, 0) is 45.1 Å². The minimum Gasteiger partial charge on any atom is -0.356 e. The fourth-order valence-electron chi connectivity index (χ4n) is 5.10. The molecule has 5 rings (SSSR count). The van der Waals surface area contributed by atoms with Crippen molar-refractivity contribution in [2.24, 2.45) is 0 Å². The summed E-state index contributed by atoms with van der Waals surface area (Å²) in [6.45, 7) is 6.60. The fraction of sp³-hybridized carbons (Fsp3) is 0.542. The summed E-state index contributed by atoms with van der Waals surface area (Å²) in [7, 11) is 0. The summed E-state index contributed by atoms with van der Waals surface area (Å²) in [4.78, 5) is 40.6. The predicted octanol–water partition coefficient (Wildman–Crippen LogP) is 3.48. The first-order chi connectivity index (χ1) is 16.0. The van der Waals surface area contributed by atoms with Gasteiger partial charge >= 0.3 is 0 Å². The van der Waals surface area contributed by atoms with Crippen LogP contribution in [0.2, 0.25) is 0 Å². The molecule has 4 heterocycles. The smallest absolute Gasteiger partial charge is 0.273 e. The molecule has 1 aromatic carbocycles. The molecule has 9 nitrogen and oxygen atoms in total. The molecule has 0 bridgehead atoms. The summed E-state index contributed by atoms with van der Waals surface area (Å²) in [6.07, 6.45) is 6.56. The number of amides is 1. The van der Waals surface area contributed by atoms with Crippen molar-refractivity contribution < 1.29 is 9.72 Å². The van der Waals surface area contributed by atoms with Gasteiger partial charge < -0.3 is 14.7 Å². The van der Waals surface area contributed by atoms with Crippen LogP contribution in [-0.4, -0.2) is 58.4 Å². The maximum Gasteiger partial charge on any atom is 0.273 e. The minimum atomic E-state index is -0.431. The number of benzene rings is 1. The molecular weight excluding hydrogens is 420 g/mol. The Morgan fingerprint density at radius 3 is 2.39 bits per heavy atom. The number of aryl methyl sites for hydroxylation is 1. The third-order valence-corrected chi connectivity index (χ3v) is 7.01. The number of fused-ring (bicyclic) bond motifs is 1. The van der Waals surface area contributed by atoms with E-state index in [9.17, 15) is 14.9 Å². The number of carbonyl (C=O) groups excluding carboxylic acids is 1. The summed E-state index contributed by atoms with van der Waals surface area (Å²) in [5, 5.41) is 11.3. The van der Waals surface area contributed by atoms with E-state index < -0.39 is 4.92 Å². The monoisotopic (exact) mass is 450 g/mol. The van der Waals surface area contributed by atoms with Crippen molar-refractivity contribution >= 4 is 23.4 Å². The molecule has 2 saturated heterocycles. The number of carbonyl (C=O) groups is 1. The Hall–Kier alpha value is -3.23. The van der Waals surface area contributed by atoms with Gasteiger partial charge in [-0.3, -0.25) is 14.9 Å². The SMILES string of the molecule is Cc1ccc(C(=O)N2CCc3nc(N4CCCCC4)nc(N4CCCC4)c3C2)cc1[N+](=O)[O-]. The first-order valence-electron chi connectivity index (χ1n) is 12.0. The van der Waals surface area contributed by atoms with E-state index in [2.05, 4.69) is 9.80 Å². The quantitative estimate of drug-likeness (QED) is 0.520. The second-order valence-corrected chi connectivity index (χ2v) is 9.25. The van der Waals surface area contributed by atoms with Crippen molar-refractivity contribution in [2.45, 2.75) is 52.0 Å². The molecule has 1 aromatic heterocycles. The average molecular weight is 451 g/mol. The molecule has 2 fully saturated rings. The fourth-order valence-corrected chi connectivity index (χ4v) is 5.10. The number of hydrogen-bond donors (Lipinski definition) is 0.